The zero-order chi connectivity index (χ0) is 11.5. The largest absolute Gasteiger partial charge is 0.301 e. The maximum atomic E-state index is 11.2. The molecule has 2 nitrogen and oxygen atoms in total. The maximum Gasteiger partial charge on any atom is 0.141 e. The van der Waals surface area contributed by atoms with E-state index in [0.29, 0.717) is 0 Å². The smallest absolute Gasteiger partial charge is 0.141 e. The van der Waals surface area contributed by atoms with Crippen LogP contribution in [0.3, 0.4) is 0 Å². The third-order valence-corrected chi connectivity index (χ3v) is 3.47. The van der Waals surface area contributed by atoms with E-state index >= 15 is 0 Å². The SMILES string of the molecule is C=CCN1CCc2cc(Br)ccc2C1C=O. The monoisotopic (exact) mass is 279 g/mol. The van der Waals surface area contributed by atoms with Crippen LogP contribution in [0.25, 0.3) is 0 Å². The van der Waals surface area contributed by atoms with Gasteiger partial charge >= 0.3 is 0 Å². The molecule has 84 valence electrons. The Kier molecular flexibility index (Phi) is 3.56. The lowest BCUT2D eigenvalue weighted by atomic mass is 9.93. The molecule has 1 aliphatic rings. The van der Waals surface area contributed by atoms with Crippen molar-refractivity contribution in [1.29, 1.82) is 0 Å². The molecule has 1 aromatic carbocycles. The molecule has 0 saturated heterocycles. The minimum absolute atomic E-state index is 0.116. The number of carbonyl (C=O) groups is 1. The summed E-state index contributed by atoms with van der Waals surface area (Å²) >= 11 is 3.46. The average molecular weight is 280 g/mol. The minimum atomic E-state index is -0.116. The number of carbonyl (C=O) groups excluding carboxylic acids is 1. The van der Waals surface area contributed by atoms with E-state index in [0.717, 1.165) is 35.8 Å². The Morgan fingerprint density at radius 1 is 1.56 bits per heavy atom. The molecule has 3 heteroatoms. The van der Waals surface area contributed by atoms with Gasteiger partial charge in [-0.2, -0.15) is 0 Å². The highest BCUT2D eigenvalue weighted by Gasteiger charge is 2.25. The van der Waals surface area contributed by atoms with Crippen LogP contribution in [-0.4, -0.2) is 24.3 Å². The van der Waals surface area contributed by atoms with Gasteiger partial charge in [-0.05, 0) is 29.7 Å². The molecule has 0 fully saturated rings. The number of rotatable bonds is 3. The Morgan fingerprint density at radius 3 is 3.06 bits per heavy atom. The summed E-state index contributed by atoms with van der Waals surface area (Å²) in [6, 6.07) is 6.02. The van der Waals surface area contributed by atoms with E-state index in [1.54, 1.807) is 0 Å². The van der Waals surface area contributed by atoms with Crippen molar-refractivity contribution in [1.82, 2.24) is 4.90 Å². The Bertz CT molecular complexity index is 416. The Labute approximate surface area is 104 Å². The molecule has 0 amide bonds. The van der Waals surface area contributed by atoms with E-state index in [2.05, 4.69) is 33.5 Å². The fourth-order valence-corrected chi connectivity index (χ4v) is 2.62. The first-order valence-electron chi connectivity index (χ1n) is 5.35. The highest BCUT2D eigenvalue weighted by Crippen LogP contribution is 2.30. The number of hydrogen-bond donors (Lipinski definition) is 0. The van der Waals surface area contributed by atoms with E-state index in [9.17, 15) is 4.79 Å². The van der Waals surface area contributed by atoms with Crippen LogP contribution in [0, 0.1) is 0 Å². The van der Waals surface area contributed by atoms with Gasteiger partial charge < -0.3 is 4.79 Å². The summed E-state index contributed by atoms with van der Waals surface area (Å²) in [6.07, 6.45) is 3.86. The molecule has 1 unspecified atom stereocenters. The summed E-state index contributed by atoms with van der Waals surface area (Å²) in [6.45, 7) is 5.41. The van der Waals surface area contributed by atoms with Crippen molar-refractivity contribution in [3.63, 3.8) is 0 Å². The van der Waals surface area contributed by atoms with Crippen LogP contribution in [0.5, 0.6) is 0 Å². The molecular weight excluding hydrogens is 266 g/mol. The van der Waals surface area contributed by atoms with Crippen LogP contribution in [0.4, 0.5) is 0 Å². The summed E-state index contributed by atoms with van der Waals surface area (Å²) in [5.41, 5.74) is 2.40. The second-order valence-corrected chi connectivity index (χ2v) is 4.87. The van der Waals surface area contributed by atoms with Gasteiger partial charge in [0.1, 0.15) is 6.29 Å². The van der Waals surface area contributed by atoms with Gasteiger partial charge in [0, 0.05) is 17.6 Å². The zero-order valence-electron chi connectivity index (χ0n) is 9.03. The molecule has 0 saturated carbocycles. The molecule has 0 spiro atoms. The zero-order valence-corrected chi connectivity index (χ0v) is 10.6. The number of benzene rings is 1. The van der Waals surface area contributed by atoms with Crippen molar-refractivity contribution in [2.24, 2.45) is 0 Å². The van der Waals surface area contributed by atoms with Gasteiger partial charge in [0.25, 0.3) is 0 Å². The van der Waals surface area contributed by atoms with Crippen LogP contribution < -0.4 is 0 Å². The van der Waals surface area contributed by atoms with E-state index in [1.165, 1.54) is 5.56 Å². The predicted octanol–water partition coefficient (Wildman–Crippen LogP) is 2.73. The molecule has 1 aliphatic heterocycles. The highest BCUT2D eigenvalue weighted by atomic mass is 79.9. The molecule has 0 N–H and O–H groups in total. The molecule has 1 atom stereocenters. The Balaban J connectivity index is 2.36. The fourth-order valence-electron chi connectivity index (χ4n) is 2.21. The number of hydrogen-bond acceptors (Lipinski definition) is 2. The standard InChI is InChI=1S/C13H14BrNO/c1-2-6-15-7-5-10-8-11(14)3-4-12(10)13(15)9-16/h2-4,8-9,13H,1,5-7H2. The molecule has 0 radical (unpaired) electrons. The lowest BCUT2D eigenvalue weighted by Gasteiger charge is -2.33. The number of nitrogens with zero attached hydrogens (tertiary/aromatic N) is 1. The average Bonchev–Trinajstić information content (AvgIpc) is 2.29. The summed E-state index contributed by atoms with van der Waals surface area (Å²) in [5.74, 6) is 0. The van der Waals surface area contributed by atoms with Crippen molar-refractivity contribution in [3.8, 4) is 0 Å². The minimum Gasteiger partial charge on any atom is -0.301 e. The lowest BCUT2D eigenvalue weighted by molar-refractivity contribution is -0.112. The first-order valence-corrected chi connectivity index (χ1v) is 6.14. The first-order chi connectivity index (χ1) is 7.76. The van der Waals surface area contributed by atoms with E-state index in [-0.39, 0.29) is 6.04 Å². The topological polar surface area (TPSA) is 20.3 Å². The number of aldehydes is 1. The van der Waals surface area contributed by atoms with Crippen molar-refractivity contribution >= 4 is 22.2 Å². The van der Waals surface area contributed by atoms with E-state index in [1.807, 2.05) is 18.2 Å². The van der Waals surface area contributed by atoms with Gasteiger partial charge in [0.15, 0.2) is 0 Å². The molecule has 0 aliphatic carbocycles. The lowest BCUT2D eigenvalue weighted by Crippen LogP contribution is -2.36. The van der Waals surface area contributed by atoms with Crippen LogP contribution in [0.15, 0.2) is 35.3 Å². The van der Waals surface area contributed by atoms with Gasteiger partial charge in [0.2, 0.25) is 0 Å². The van der Waals surface area contributed by atoms with Gasteiger partial charge in [-0.3, -0.25) is 4.90 Å². The van der Waals surface area contributed by atoms with Crippen molar-refractivity contribution < 1.29 is 4.79 Å². The third kappa shape index (κ3) is 2.11. The molecule has 1 heterocycles. The molecular formula is C13H14BrNO. The number of fused-ring (bicyclic) bond motifs is 1. The quantitative estimate of drug-likeness (QED) is 0.627. The van der Waals surface area contributed by atoms with Crippen LogP contribution in [0.1, 0.15) is 17.2 Å². The molecule has 1 aromatic rings. The van der Waals surface area contributed by atoms with Gasteiger partial charge in [-0.25, -0.2) is 0 Å². The maximum absolute atomic E-state index is 11.2. The van der Waals surface area contributed by atoms with Crippen LogP contribution >= 0.6 is 15.9 Å². The Morgan fingerprint density at radius 2 is 2.38 bits per heavy atom. The Hall–Kier alpha value is -0.930. The second-order valence-electron chi connectivity index (χ2n) is 3.96. The van der Waals surface area contributed by atoms with Gasteiger partial charge in [0.05, 0.1) is 6.04 Å². The predicted molar refractivity (Wildman–Crippen MR) is 68.4 cm³/mol. The summed E-state index contributed by atoms with van der Waals surface area (Å²) in [4.78, 5) is 13.4. The van der Waals surface area contributed by atoms with E-state index < -0.39 is 0 Å². The third-order valence-electron chi connectivity index (χ3n) is 2.98. The van der Waals surface area contributed by atoms with Gasteiger partial charge in [-0.1, -0.05) is 28.1 Å². The van der Waals surface area contributed by atoms with Crippen molar-refractivity contribution in [2.75, 3.05) is 13.1 Å². The molecule has 16 heavy (non-hydrogen) atoms. The molecule has 2 rings (SSSR count). The second kappa shape index (κ2) is 4.93. The van der Waals surface area contributed by atoms with Crippen LogP contribution in [-0.2, 0) is 11.2 Å². The first kappa shape index (κ1) is 11.6. The highest BCUT2D eigenvalue weighted by molar-refractivity contribution is 9.10. The summed E-state index contributed by atoms with van der Waals surface area (Å²) in [5, 5.41) is 0. The summed E-state index contributed by atoms with van der Waals surface area (Å²) in [7, 11) is 0. The molecule has 0 bridgehead atoms. The number of halogens is 1. The summed E-state index contributed by atoms with van der Waals surface area (Å²) < 4.78 is 1.08. The van der Waals surface area contributed by atoms with E-state index in [4.69, 9.17) is 0 Å². The normalized spacial score (nSPS) is 20.2. The van der Waals surface area contributed by atoms with Crippen molar-refractivity contribution in [2.45, 2.75) is 12.5 Å². The van der Waals surface area contributed by atoms with Gasteiger partial charge in [-0.15, -0.1) is 6.58 Å². The molecule has 0 aromatic heterocycles. The van der Waals surface area contributed by atoms with Crippen LogP contribution in [0.2, 0.25) is 0 Å². The van der Waals surface area contributed by atoms with Crippen molar-refractivity contribution in [3.05, 3.63) is 46.5 Å². The fraction of sp³-hybridized carbons (Fsp3) is 0.308.